The number of amides is 1. The van der Waals surface area contributed by atoms with E-state index < -0.39 is 11.0 Å². The van der Waals surface area contributed by atoms with Gasteiger partial charge in [0, 0.05) is 30.4 Å². The fourth-order valence-corrected chi connectivity index (χ4v) is 3.17. The van der Waals surface area contributed by atoms with Gasteiger partial charge in [0.1, 0.15) is 5.58 Å². The Kier molecular flexibility index (Phi) is 3.94. The zero-order chi connectivity index (χ0) is 16.7. The van der Waals surface area contributed by atoms with Crippen LogP contribution in [-0.2, 0) is 4.74 Å². The average Bonchev–Trinajstić information content (AvgIpc) is 2.96. The summed E-state index contributed by atoms with van der Waals surface area (Å²) in [5.41, 5.74) is -0.685. The molecule has 3 rings (SSSR count). The Morgan fingerprint density at radius 2 is 2.17 bits per heavy atom. The molecule has 2 unspecified atom stereocenters. The molecule has 0 spiro atoms. The number of para-hydroxylation sites is 1. The number of nitrogens with one attached hydrogen (secondary N) is 1. The van der Waals surface area contributed by atoms with E-state index >= 15 is 0 Å². The minimum absolute atomic E-state index is 0.0144. The zero-order valence-electron chi connectivity index (χ0n) is 13.8. The maximum Gasteiger partial charge on any atom is 0.287 e. The van der Waals surface area contributed by atoms with Crippen LogP contribution in [0.3, 0.4) is 0 Å². The van der Waals surface area contributed by atoms with E-state index in [1.807, 2.05) is 45.0 Å². The number of carbonyl (C=O) groups is 1. The van der Waals surface area contributed by atoms with Crippen LogP contribution in [0.25, 0.3) is 11.0 Å². The highest BCUT2D eigenvalue weighted by Gasteiger charge is 2.59. The van der Waals surface area contributed by atoms with E-state index in [0.717, 1.165) is 5.39 Å². The number of rotatable bonds is 5. The van der Waals surface area contributed by atoms with Gasteiger partial charge in [-0.15, -0.1) is 0 Å². The van der Waals surface area contributed by atoms with E-state index in [1.165, 1.54) is 0 Å². The Labute approximate surface area is 135 Å². The van der Waals surface area contributed by atoms with Gasteiger partial charge < -0.3 is 19.6 Å². The van der Waals surface area contributed by atoms with E-state index in [0.29, 0.717) is 18.6 Å². The second-order valence-corrected chi connectivity index (χ2v) is 6.73. The molecule has 124 valence electrons. The summed E-state index contributed by atoms with van der Waals surface area (Å²) in [6.45, 7) is 6.67. The van der Waals surface area contributed by atoms with Gasteiger partial charge in [0.2, 0.25) is 0 Å². The standard InChI is InChI=1S/C18H23NO4/c1-4-22-15-10-18(21,17(15,2)3)11-19-16(20)14-9-12-7-5-6-8-13(12)23-14/h5-9,15,21H,4,10-11H2,1-3H3,(H,19,20). The molecule has 2 N–H and O–H groups in total. The van der Waals surface area contributed by atoms with Gasteiger partial charge in [0.15, 0.2) is 5.76 Å². The van der Waals surface area contributed by atoms with Crippen molar-refractivity contribution in [3.05, 3.63) is 36.1 Å². The summed E-state index contributed by atoms with van der Waals surface area (Å²) in [6.07, 6.45) is 0.537. The summed E-state index contributed by atoms with van der Waals surface area (Å²) >= 11 is 0. The third-order valence-corrected chi connectivity index (χ3v) is 5.09. The van der Waals surface area contributed by atoms with Gasteiger partial charge in [-0.25, -0.2) is 0 Å². The molecule has 0 aliphatic heterocycles. The van der Waals surface area contributed by atoms with Gasteiger partial charge >= 0.3 is 0 Å². The first-order valence-electron chi connectivity index (χ1n) is 7.98. The largest absolute Gasteiger partial charge is 0.451 e. The molecule has 23 heavy (non-hydrogen) atoms. The molecule has 1 aromatic carbocycles. The van der Waals surface area contributed by atoms with Gasteiger partial charge in [0.05, 0.1) is 11.7 Å². The summed E-state index contributed by atoms with van der Waals surface area (Å²) in [4.78, 5) is 12.3. The molecule has 0 radical (unpaired) electrons. The minimum atomic E-state index is -0.964. The predicted molar refractivity (Wildman–Crippen MR) is 87.3 cm³/mol. The van der Waals surface area contributed by atoms with Crippen molar-refractivity contribution in [1.82, 2.24) is 5.32 Å². The van der Waals surface area contributed by atoms with Gasteiger partial charge in [-0.1, -0.05) is 32.0 Å². The lowest BCUT2D eigenvalue weighted by Crippen LogP contribution is -2.68. The van der Waals surface area contributed by atoms with Crippen LogP contribution in [0.4, 0.5) is 0 Å². The third kappa shape index (κ3) is 2.64. The van der Waals surface area contributed by atoms with Crippen molar-refractivity contribution >= 4 is 16.9 Å². The number of fused-ring (bicyclic) bond motifs is 1. The molecule has 1 saturated carbocycles. The predicted octanol–water partition coefficient (Wildman–Crippen LogP) is 2.73. The number of ether oxygens (including phenoxy) is 1. The molecule has 2 aromatic rings. The fourth-order valence-electron chi connectivity index (χ4n) is 3.17. The molecule has 5 nitrogen and oxygen atoms in total. The van der Waals surface area contributed by atoms with Gasteiger partial charge in [-0.05, 0) is 19.1 Å². The summed E-state index contributed by atoms with van der Waals surface area (Å²) < 4.78 is 11.2. The SMILES string of the molecule is CCOC1CC(O)(CNC(=O)c2cc3ccccc3o2)C1(C)C. The van der Waals surface area contributed by atoms with Crippen molar-refractivity contribution in [3.63, 3.8) is 0 Å². The molecule has 0 bridgehead atoms. The van der Waals surface area contributed by atoms with Crippen LogP contribution in [0.2, 0.25) is 0 Å². The monoisotopic (exact) mass is 317 g/mol. The second kappa shape index (κ2) is 5.65. The Bertz CT molecular complexity index is 688. The van der Waals surface area contributed by atoms with E-state index in [1.54, 1.807) is 6.07 Å². The first kappa shape index (κ1) is 16.0. The Hall–Kier alpha value is -1.85. The molecular formula is C18H23NO4. The normalized spacial score (nSPS) is 26.0. The quantitative estimate of drug-likeness (QED) is 0.889. The van der Waals surface area contributed by atoms with Crippen LogP contribution >= 0.6 is 0 Å². The van der Waals surface area contributed by atoms with Crippen molar-refractivity contribution in [1.29, 1.82) is 0 Å². The first-order chi connectivity index (χ1) is 10.9. The second-order valence-electron chi connectivity index (χ2n) is 6.73. The summed E-state index contributed by atoms with van der Waals surface area (Å²) in [6, 6.07) is 9.18. The van der Waals surface area contributed by atoms with Gasteiger partial charge in [0.25, 0.3) is 5.91 Å². The third-order valence-electron chi connectivity index (χ3n) is 5.09. The maximum absolute atomic E-state index is 12.3. The van der Waals surface area contributed by atoms with Crippen LogP contribution in [-0.4, -0.2) is 35.9 Å². The molecule has 5 heteroatoms. The lowest BCUT2D eigenvalue weighted by atomic mass is 9.56. The number of carbonyl (C=O) groups excluding carboxylic acids is 1. The molecule has 1 aliphatic rings. The molecule has 1 fully saturated rings. The Balaban J connectivity index is 1.65. The molecule has 1 aromatic heterocycles. The summed E-state index contributed by atoms with van der Waals surface area (Å²) in [7, 11) is 0. The minimum Gasteiger partial charge on any atom is -0.451 e. The Morgan fingerprint density at radius 3 is 2.83 bits per heavy atom. The van der Waals surface area contributed by atoms with Crippen LogP contribution in [0.15, 0.2) is 34.7 Å². The first-order valence-corrected chi connectivity index (χ1v) is 7.98. The maximum atomic E-state index is 12.3. The van der Waals surface area contributed by atoms with Crippen molar-refractivity contribution in [2.24, 2.45) is 5.41 Å². The average molecular weight is 317 g/mol. The van der Waals surface area contributed by atoms with Gasteiger partial charge in [-0.2, -0.15) is 0 Å². The topological polar surface area (TPSA) is 71.7 Å². The molecule has 1 aliphatic carbocycles. The van der Waals surface area contributed by atoms with Crippen molar-refractivity contribution in [2.45, 2.75) is 38.9 Å². The van der Waals surface area contributed by atoms with E-state index in [9.17, 15) is 9.90 Å². The smallest absolute Gasteiger partial charge is 0.287 e. The summed E-state index contributed by atoms with van der Waals surface area (Å²) in [5.74, 6) is -0.0569. The lowest BCUT2D eigenvalue weighted by molar-refractivity contribution is -0.237. The van der Waals surface area contributed by atoms with Crippen molar-refractivity contribution in [2.75, 3.05) is 13.2 Å². The zero-order valence-corrected chi connectivity index (χ0v) is 13.8. The van der Waals surface area contributed by atoms with Crippen LogP contribution < -0.4 is 5.32 Å². The van der Waals surface area contributed by atoms with Crippen LogP contribution in [0, 0.1) is 5.41 Å². The van der Waals surface area contributed by atoms with E-state index in [2.05, 4.69) is 5.32 Å². The number of benzene rings is 1. The number of furan rings is 1. The van der Waals surface area contributed by atoms with Crippen LogP contribution in [0.1, 0.15) is 37.7 Å². The van der Waals surface area contributed by atoms with Gasteiger partial charge in [-0.3, -0.25) is 4.79 Å². The molecule has 2 atom stereocenters. The van der Waals surface area contributed by atoms with E-state index in [4.69, 9.17) is 9.15 Å². The number of aliphatic hydroxyl groups is 1. The number of hydrogen-bond acceptors (Lipinski definition) is 4. The molecular weight excluding hydrogens is 294 g/mol. The highest BCUT2D eigenvalue weighted by molar-refractivity contribution is 5.96. The van der Waals surface area contributed by atoms with Crippen LogP contribution in [0.5, 0.6) is 0 Å². The highest BCUT2D eigenvalue weighted by Crippen LogP contribution is 2.50. The fraction of sp³-hybridized carbons (Fsp3) is 0.500. The van der Waals surface area contributed by atoms with E-state index in [-0.39, 0.29) is 24.3 Å². The highest BCUT2D eigenvalue weighted by atomic mass is 16.5. The number of hydrogen-bond donors (Lipinski definition) is 2. The summed E-state index contributed by atoms with van der Waals surface area (Å²) in [5, 5.41) is 14.4. The van der Waals surface area contributed by atoms with Crippen molar-refractivity contribution < 1.29 is 19.1 Å². The van der Waals surface area contributed by atoms with Crippen molar-refractivity contribution in [3.8, 4) is 0 Å². The molecule has 0 saturated heterocycles. The molecule has 1 heterocycles. The molecule has 1 amide bonds. The lowest BCUT2D eigenvalue weighted by Gasteiger charge is -2.57. The Morgan fingerprint density at radius 1 is 1.43 bits per heavy atom.